The van der Waals surface area contributed by atoms with Crippen molar-refractivity contribution in [2.45, 2.75) is 12.3 Å². The van der Waals surface area contributed by atoms with Crippen molar-refractivity contribution in [1.82, 2.24) is 0 Å². The van der Waals surface area contributed by atoms with Crippen LogP contribution in [0.3, 0.4) is 0 Å². The zero-order valence-electron chi connectivity index (χ0n) is 11.0. The van der Waals surface area contributed by atoms with Gasteiger partial charge in [-0.05, 0) is 30.2 Å². The zero-order valence-corrected chi connectivity index (χ0v) is 11.0. The zero-order chi connectivity index (χ0) is 14.5. The summed E-state index contributed by atoms with van der Waals surface area (Å²) < 4.78 is 18.4. The molecule has 0 aliphatic rings. The minimum atomic E-state index is -0.959. The third-order valence-electron chi connectivity index (χ3n) is 3.14. The van der Waals surface area contributed by atoms with Gasteiger partial charge >= 0.3 is 5.97 Å². The van der Waals surface area contributed by atoms with E-state index in [2.05, 4.69) is 0 Å². The number of hydrogen-bond donors (Lipinski definition) is 1. The molecule has 0 spiro atoms. The SMILES string of the molecule is COc1ccccc1C(Cc1cccc(F)c1)C(=O)O. The monoisotopic (exact) mass is 274 g/mol. The van der Waals surface area contributed by atoms with Crippen LogP contribution < -0.4 is 4.74 Å². The number of halogens is 1. The fraction of sp³-hybridized carbons (Fsp3) is 0.188. The molecule has 2 aromatic rings. The Morgan fingerprint density at radius 3 is 2.65 bits per heavy atom. The summed E-state index contributed by atoms with van der Waals surface area (Å²) in [4.78, 5) is 11.5. The average Bonchev–Trinajstić information content (AvgIpc) is 2.44. The third-order valence-corrected chi connectivity index (χ3v) is 3.14. The molecule has 20 heavy (non-hydrogen) atoms. The van der Waals surface area contributed by atoms with E-state index in [4.69, 9.17) is 4.74 Å². The van der Waals surface area contributed by atoms with E-state index in [1.54, 1.807) is 36.4 Å². The predicted molar refractivity (Wildman–Crippen MR) is 73.5 cm³/mol. The number of para-hydroxylation sites is 1. The molecule has 0 saturated carbocycles. The lowest BCUT2D eigenvalue weighted by Crippen LogP contribution is -2.15. The standard InChI is InChI=1S/C16H15FO3/c1-20-15-8-3-2-7-13(15)14(16(18)19)10-11-5-4-6-12(17)9-11/h2-9,14H,10H2,1H3,(H,18,19). The quantitative estimate of drug-likeness (QED) is 0.910. The Morgan fingerprint density at radius 2 is 2.00 bits per heavy atom. The molecule has 2 rings (SSSR count). The van der Waals surface area contributed by atoms with Crippen LogP contribution in [0.25, 0.3) is 0 Å². The number of methoxy groups -OCH3 is 1. The van der Waals surface area contributed by atoms with Crippen LogP contribution in [-0.2, 0) is 11.2 Å². The summed E-state index contributed by atoms with van der Waals surface area (Å²) in [7, 11) is 1.50. The molecule has 1 atom stereocenters. The van der Waals surface area contributed by atoms with Gasteiger partial charge in [-0.15, -0.1) is 0 Å². The van der Waals surface area contributed by atoms with Crippen molar-refractivity contribution < 1.29 is 19.0 Å². The minimum Gasteiger partial charge on any atom is -0.496 e. The normalized spacial score (nSPS) is 11.9. The van der Waals surface area contributed by atoms with E-state index in [1.165, 1.54) is 19.2 Å². The fourth-order valence-electron chi connectivity index (χ4n) is 2.18. The average molecular weight is 274 g/mol. The van der Waals surface area contributed by atoms with Gasteiger partial charge in [-0.1, -0.05) is 30.3 Å². The van der Waals surface area contributed by atoms with E-state index in [0.717, 1.165) is 0 Å². The van der Waals surface area contributed by atoms with E-state index in [0.29, 0.717) is 16.9 Å². The molecule has 3 nitrogen and oxygen atoms in total. The number of carboxylic acid groups (broad SMARTS) is 1. The van der Waals surface area contributed by atoms with Crippen LogP contribution in [0.15, 0.2) is 48.5 Å². The lowest BCUT2D eigenvalue weighted by atomic mass is 9.91. The summed E-state index contributed by atoms with van der Waals surface area (Å²) in [5.41, 5.74) is 1.23. The molecule has 2 aromatic carbocycles. The van der Waals surface area contributed by atoms with Crippen molar-refractivity contribution in [2.24, 2.45) is 0 Å². The van der Waals surface area contributed by atoms with Crippen molar-refractivity contribution in [1.29, 1.82) is 0 Å². The molecule has 0 aliphatic carbocycles. The number of ether oxygens (including phenoxy) is 1. The first-order valence-electron chi connectivity index (χ1n) is 6.22. The first-order chi connectivity index (χ1) is 9.61. The van der Waals surface area contributed by atoms with E-state index in [1.807, 2.05) is 0 Å². The molecule has 0 saturated heterocycles. The van der Waals surface area contributed by atoms with Gasteiger partial charge in [0.1, 0.15) is 11.6 Å². The molecule has 0 amide bonds. The molecule has 0 heterocycles. The van der Waals surface area contributed by atoms with Crippen molar-refractivity contribution in [3.63, 3.8) is 0 Å². The van der Waals surface area contributed by atoms with Gasteiger partial charge in [-0.25, -0.2) is 4.39 Å². The molecular weight excluding hydrogens is 259 g/mol. The van der Waals surface area contributed by atoms with Crippen molar-refractivity contribution in [3.8, 4) is 5.75 Å². The minimum absolute atomic E-state index is 0.216. The topological polar surface area (TPSA) is 46.5 Å². The van der Waals surface area contributed by atoms with Crippen LogP contribution in [0.1, 0.15) is 17.0 Å². The molecule has 0 radical (unpaired) electrons. The second kappa shape index (κ2) is 6.19. The van der Waals surface area contributed by atoms with Crippen LogP contribution in [0.2, 0.25) is 0 Å². The molecule has 0 fully saturated rings. The van der Waals surface area contributed by atoms with E-state index in [9.17, 15) is 14.3 Å². The maximum absolute atomic E-state index is 13.2. The summed E-state index contributed by atoms with van der Waals surface area (Å²) >= 11 is 0. The molecule has 0 bridgehead atoms. The second-order valence-corrected chi connectivity index (χ2v) is 4.47. The Bertz CT molecular complexity index is 610. The second-order valence-electron chi connectivity index (χ2n) is 4.47. The summed E-state index contributed by atoms with van der Waals surface area (Å²) in [5, 5.41) is 9.43. The lowest BCUT2D eigenvalue weighted by Gasteiger charge is -2.16. The van der Waals surface area contributed by atoms with Crippen LogP contribution in [0.5, 0.6) is 5.75 Å². The number of benzene rings is 2. The summed E-state index contributed by atoms with van der Waals surface area (Å²) in [5.74, 6) is -1.57. The largest absolute Gasteiger partial charge is 0.496 e. The molecular formula is C16H15FO3. The Kier molecular flexibility index (Phi) is 4.35. The van der Waals surface area contributed by atoms with Crippen LogP contribution in [0, 0.1) is 5.82 Å². The van der Waals surface area contributed by atoms with E-state index >= 15 is 0 Å². The summed E-state index contributed by atoms with van der Waals surface area (Å²) in [6.07, 6.45) is 0.216. The third kappa shape index (κ3) is 3.15. The van der Waals surface area contributed by atoms with E-state index in [-0.39, 0.29) is 12.2 Å². The predicted octanol–water partition coefficient (Wildman–Crippen LogP) is 3.25. The number of carbonyl (C=O) groups is 1. The van der Waals surface area contributed by atoms with Gasteiger partial charge in [-0.3, -0.25) is 4.79 Å². The van der Waals surface area contributed by atoms with Gasteiger partial charge in [0.25, 0.3) is 0 Å². The molecule has 4 heteroatoms. The molecule has 104 valence electrons. The number of hydrogen-bond acceptors (Lipinski definition) is 2. The van der Waals surface area contributed by atoms with Crippen LogP contribution in [0.4, 0.5) is 4.39 Å². The first kappa shape index (κ1) is 14.1. The number of aliphatic carboxylic acids is 1. The van der Waals surface area contributed by atoms with Gasteiger partial charge in [0, 0.05) is 5.56 Å². The van der Waals surface area contributed by atoms with Crippen molar-refractivity contribution in [3.05, 3.63) is 65.5 Å². The maximum atomic E-state index is 13.2. The molecule has 1 N–H and O–H groups in total. The summed E-state index contributed by atoms with van der Waals surface area (Å²) in [6, 6.07) is 13.0. The first-order valence-corrected chi connectivity index (χ1v) is 6.22. The van der Waals surface area contributed by atoms with Gasteiger partial charge < -0.3 is 9.84 Å². The van der Waals surface area contributed by atoms with Gasteiger partial charge in [0.05, 0.1) is 13.0 Å². The highest BCUT2D eigenvalue weighted by atomic mass is 19.1. The Balaban J connectivity index is 2.34. The highest BCUT2D eigenvalue weighted by Gasteiger charge is 2.23. The summed E-state index contributed by atoms with van der Waals surface area (Å²) in [6.45, 7) is 0. The Labute approximate surface area is 116 Å². The van der Waals surface area contributed by atoms with Gasteiger partial charge in [-0.2, -0.15) is 0 Å². The van der Waals surface area contributed by atoms with Crippen molar-refractivity contribution >= 4 is 5.97 Å². The van der Waals surface area contributed by atoms with Gasteiger partial charge in [0.2, 0.25) is 0 Å². The smallest absolute Gasteiger partial charge is 0.311 e. The maximum Gasteiger partial charge on any atom is 0.311 e. The fourth-order valence-corrected chi connectivity index (χ4v) is 2.18. The number of carboxylic acids is 1. The number of rotatable bonds is 5. The lowest BCUT2D eigenvalue weighted by molar-refractivity contribution is -0.138. The van der Waals surface area contributed by atoms with E-state index < -0.39 is 11.9 Å². The molecule has 0 aliphatic heterocycles. The van der Waals surface area contributed by atoms with Gasteiger partial charge in [0.15, 0.2) is 0 Å². The molecule has 0 aromatic heterocycles. The van der Waals surface area contributed by atoms with Crippen LogP contribution in [-0.4, -0.2) is 18.2 Å². The Morgan fingerprint density at radius 1 is 1.25 bits per heavy atom. The highest BCUT2D eigenvalue weighted by molar-refractivity contribution is 5.77. The van der Waals surface area contributed by atoms with Crippen LogP contribution >= 0.6 is 0 Å². The van der Waals surface area contributed by atoms with Crippen molar-refractivity contribution in [2.75, 3.05) is 7.11 Å². The Hall–Kier alpha value is -2.36. The highest BCUT2D eigenvalue weighted by Crippen LogP contribution is 2.29. The molecule has 1 unspecified atom stereocenters.